The van der Waals surface area contributed by atoms with Gasteiger partial charge in [-0.3, -0.25) is 4.90 Å². The van der Waals surface area contributed by atoms with Crippen LogP contribution in [-0.2, 0) is 6.54 Å². The molecule has 0 unspecified atom stereocenters. The minimum Gasteiger partial charge on any atom is -0.293 e. The molecule has 0 amide bonds. The van der Waals surface area contributed by atoms with E-state index in [0.717, 1.165) is 12.4 Å². The highest BCUT2D eigenvalue weighted by Crippen LogP contribution is 2.23. The first-order chi connectivity index (χ1) is 7.11. The lowest BCUT2D eigenvalue weighted by Gasteiger charge is -2.13. The fourth-order valence-electron chi connectivity index (χ4n) is 1.31. The monoisotopic (exact) mass is 241 g/mol. The second kappa shape index (κ2) is 6.46. The van der Waals surface area contributed by atoms with E-state index in [2.05, 4.69) is 62.7 Å². The largest absolute Gasteiger partial charge is 0.293 e. The van der Waals surface area contributed by atoms with Crippen molar-refractivity contribution >= 4 is 24.4 Å². The molecule has 0 saturated heterocycles. The number of thioether (sulfide) groups is 1. The molecule has 1 nitrogen and oxygen atoms in total. The Kier molecular flexibility index (Phi) is 5.58. The highest BCUT2D eigenvalue weighted by molar-refractivity contribution is 7.99. The Balaban J connectivity index is 2.56. The molecule has 0 fully saturated rings. The predicted octanol–water partition coefficient (Wildman–Crippen LogP) is 3.51. The average Bonchev–Trinajstić information content (AvgIpc) is 2.20. The van der Waals surface area contributed by atoms with Gasteiger partial charge in [-0.05, 0) is 24.7 Å². The molecule has 15 heavy (non-hydrogen) atoms. The van der Waals surface area contributed by atoms with Gasteiger partial charge in [0.2, 0.25) is 0 Å². The number of benzene rings is 1. The van der Waals surface area contributed by atoms with Crippen molar-refractivity contribution in [3.63, 3.8) is 0 Å². The first kappa shape index (κ1) is 12.9. The SMILES string of the molecule is CC(C)Sc1ccc(CN(C)CS)cc1. The molecular weight excluding hydrogens is 222 g/mol. The van der Waals surface area contributed by atoms with Crippen LogP contribution in [0.1, 0.15) is 19.4 Å². The maximum Gasteiger partial charge on any atom is 0.0414 e. The molecular formula is C12H19NS2. The van der Waals surface area contributed by atoms with Crippen LogP contribution in [0.5, 0.6) is 0 Å². The molecule has 0 heterocycles. The van der Waals surface area contributed by atoms with Crippen molar-refractivity contribution in [2.75, 3.05) is 12.9 Å². The zero-order chi connectivity index (χ0) is 11.3. The summed E-state index contributed by atoms with van der Waals surface area (Å²) in [6, 6.07) is 8.80. The van der Waals surface area contributed by atoms with Crippen molar-refractivity contribution in [3.8, 4) is 0 Å². The van der Waals surface area contributed by atoms with Crippen molar-refractivity contribution in [3.05, 3.63) is 29.8 Å². The van der Waals surface area contributed by atoms with Gasteiger partial charge >= 0.3 is 0 Å². The van der Waals surface area contributed by atoms with E-state index in [1.807, 2.05) is 11.8 Å². The second-order valence-corrected chi connectivity index (χ2v) is 5.90. The molecule has 0 bridgehead atoms. The van der Waals surface area contributed by atoms with Crippen LogP contribution in [0.15, 0.2) is 29.2 Å². The van der Waals surface area contributed by atoms with Crippen molar-refractivity contribution in [2.24, 2.45) is 0 Å². The van der Waals surface area contributed by atoms with E-state index in [4.69, 9.17) is 0 Å². The maximum atomic E-state index is 4.23. The second-order valence-electron chi connectivity index (χ2n) is 3.97. The summed E-state index contributed by atoms with van der Waals surface area (Å²) in [6.45, 7) is 5.40. The van der Waals surface area contributed by atoms with Crippen LogP contribution in [0.4, 0.5) is 0 Å². The molecule has 3 heteroatoms. The number of hydrogen-bond acceptors (Lipinski definition) is 3. The van der Waals surface area contributed by atoms with E-state index in [1.54, 1.807) is 0 Å². The third kappa shape index (κ3) is 4.96. The van der Waals surface area contributed by atoms with Gasteiger partial charge in [-0.15, -0.1) is 11.8 Å². The fraction of sp³-hybridized carbons (Fsp3) is 0.500. The van der Waals surface area contributed by atoms with Gasteiger partial charge in [0, 0.05) is 22.6 Å². The molecule has 0 N–H and O–H groups in total. The first-order valence-electron chi connectivity index (χ1n) is 5.17. The summed E-state index contributed by atoms with van der Waals surface area (Å²) in [5.41, 5.74) is 1.35. The Hall–Kier alpha value is -0.120. The van der Waals surface area contributed by atoms with E-state index in [0.29, 0.717) is 5.25 Å². The van der Waals surface area contributed by atoms with Crippen molar-refractivity contribution in [2.45, 2.75) is 30.5 Å². The lowest BCUT2D eigenvalue weighted by molar-refractivity contribution is 0.387. The van der Waals surface area contributed by atoms with Gasteiger partial charge in [0.15, 0.2) is 0 Å². The molecule has 0 spiro atoms. The zero-order valence-corrected chi connectivity index (χ0v) is 11.3. The summed E-state index contributed by atoms with van der Waals surface area (Å²) < 4.78 is 0. The van der Waals surface area contributed by atoms with Crippen LogP contribution < -0.4 is 0 Å². The van der Waals surface area contributed by atoms with Gasteiger partial charge in [-0.25, -0.2) is 0 Å². The molecule has 0 saturated carbocycles. The van der Waals surface area contributed by atoms with E-state index in [1.165, 1.54) is 10.5 Å². The van der Waals surface area contributed by atoms with E-state index in [9.17, 15) is 0 Å². The summed E-state index contributed by atoms with van der Waals surface area (Å²) in [6.07, 6.45) is 0. The zero-order valence-electron chi connectivity index (χ0n) is 9.60. The van der Waals surface area contributed by atoms with Crippen LogP contribution >= 0.6 is 24.4 Å². The van der Waals surface area contributed by atoms with Gasteiger partial charge in [-0.2, -0.15) is 12.6 Å². The Morgan fingerprint density at radius 1 is 1.27 bits per heavy atom. The average molecular weight is 241 g/mol. The third-order valence-corrected chi connectivity index (χ3v) is 3.49. The number of nitrogens with zero attached hydrogens (tertiary/aromatic N) is 1. The van der Waals surface area contributed by atoms with E-state index < -0.39 is 0 Å². The predicted molar refractivity (Wildman–Crippen MR) is 72.8 cm³/mol. The Bertz CT molecular complexity index is 282. The summed E-state index contributed by atoms with van der Waals surface area (Å²) >= 11 is 6.14. The first-order valence-corrected chi connectivity index (χ1v) is 6.68. The summed E-state index contributed by atoms with van der Waals surface area (Å²) in [4.78, 5) is 3.52. The summed E-state index contributed by atoms with van der Waals surface area (Å²) in [7, 11) is 2.07. The molecule has 0 aliphatic rings. The number of hydrogen-bond donors (Lipinski definition) is 1. The smallest absolute Gasteiger partial charge is 0.0414 e. The highest BCUT2D eigenvalue weighted by Gasteiger charge is 2.00. The highest BCUT2D eigenvalue weighted by atomic mass is 32.2. The van der Waals surface area contributed by atoms with E-state index >= 15 is 0 Å². The number of thiol groups is 1. The Morgan fingerprint density at radius 3 is 2.33 bits per heavy atom. The van der Waals surface area contributed by atoms with Crippen molar-refractivity contribution < 1.29 is 0 Å². The van der Waals surface area contributed by atoms with Crippen LogP contribution in [0.2, 0.25) is 0 Å². The normalized spacial score (nSPS) is 11.3. The lowest BCUT2D eigenvalue weighted by Crippen LogP contribution is -2.15. The minimum absolute atomic E-state index is 0.649. The maximum absolute atomic E-state index is 4.23. The van der Waals surface area contributed by atoms with Gasteiger partial charge in [-0.1, -0.05) is 26.0 Å². The molecule has 0 aliphatic carbocycles. The Labute approximate surface area is 103 Å². The molecule has 0 atom stereocenters. The molecule has 84 valence electrons. The standard InChI is InChI=1S/C12H19NS2/c1-10(2)15-12-6-4-11(5-7-12)8-13(3)9-14/h4-7,10,14H,8-9H2,1-3H3. The molecule has 0 radical (unpaired) electrons. The molecule has 0 aromatic heterocycles. The third-order valence-electron chi connectivity index (χ3n) is 1.99. The molecule has 1 aromatic carbocycles. The summed E-state index contributed by atoms with van der Waals surface area (Å²) in [5, 5.41) is 0.649. The number of rotatable bonds is 5. The van der Waals surface area contributed by atoms with Crippen LogP contribution in [0.3, 0.4) is 0 Å². The van der Waals surface area contributed by atoms with Crippen molar-refractivity contribution in [1.82, 2.24) is 4.90 Å². The van der Waals surface area contributed by atoms with Gasteiger partial charge < -0.3 is 0 Å². The van der Waals surface area contributed by atoms with Gasteiger partial charge in [0.05, 0.1) is 0 Å². The quantitative estimate of drug-likeness (QED) is 0.477. The minimum atomic E-state index is 0.649. The molecule has 1 aromatic rings. The Morgan fingerprint density at radius 2 is 1.87 bits per heavy atom. The summed E-state index contributed by atoms with van der Waals surface area (Å²) in [5.74, 6) is 0.794. The lowest BCUT2D eigenvalue weighted by atomic mass is 10.2. The molecule has 1 rings (SSSR count). The van der Waals surface area contributed by atoms with Gasteiger partial charge in [0.25, 0.3) is 0 Å². The van der Waals surface area contributed by atoms with Gasteiger partial charge in [0.1, 0.15) is 0 Å². The van der Waals surface area contributed by atoms with Crippen LogP contribution in [0, 0.1) is 0 Å². The molecule has 0 aliphatic heterocycles. The van der Waals surface area contributed by atoms with E-state index in [-0.39, 0.29) is 0 Å². The topological polar surface area (TPSA) is 3.24 Å². The van der Waals surface area contributed by atoms with Crippen LogP contribution in [-0.4, -0.2) is 23.1 Å². The van der Waals surface area contributed by atoms with Crippen LogP contribution in [0.25, 0.3) is 0 Å². The fourth-order valence-corrected chi connectivity index (χ4v) is 2.24. The van der Waals surface area contributed by atoms with Crippen molar-refractivity contribution in [1.29, 1.82) is 0 Å².